The zero-order valence-electron chi connectivity index (χ0n) is 27.8. The minimum atomic E-state index is -3.51. The second-order valence-electron chi connectivity index (χ2n) is 11.3. The quantitative estimate of drug-likeness (QED) is 0.0348. The first-order chi connectivity index (χ1) is 24.1. The fourth-order valence-electron chi connectivity index (χ4n) is 4.81. The molecule has 0 unspecified atom stereocenters. The number of halogens is 1. The predicted molar refractivity (Wildman–Crippen MR) is 193 cm³/mol. The molecule has 4 amide bonds. The molecule has 1 aromatic carbocycles. The van der Waals surface area contributed by atoms with Crippen molar-refractivity contribution in [2.24, 2.45) is 26.9 Å². The smallest absolute Gasteiger partial charge is 0.296 e. The van der Waals surface area contributed by atoms with Gasteiger partial charge >= 0.3 is 0 Å². The molecule has 0 radical (unpaired) electrons. The van der Waals surface area contributed by atoms with E-state index in [0.717, 1.165) is 6.08 Å². The summed E-state index contributed by atoms with van der Waals surface area (Å²) in [5.41, 5.74) is 7.31. The van der Waals surface area contributed by atoms with Gasteiger partial charge in [-0.2, -0.15) is 0 Å². The zero-order chi connectivity index (χ0) is 37.5. The summed E-state index contributed by atoms with van der Waals surface area (Å²) in [5, 5.41) is 17.8. The van der Waals surface area contributed by atoms with Crippen LogP contribution < -0.4 is 27.0 Å². The van der Waals surface area contributed by atoms with Gasteiger partial charge in [0.2, 0.25) is 5.78 Å². The van der Waals surface area contributed by atoms with E-state index in [9.17, 15) is 32.4 Å². The summed E-state index contributed by atoms with van der Waals surface area (Å²) < 4.78 is 28.7. The Balaban J connectivity index is 1.34. The van der Waals surface area contributed by atoms with Crippen LogP contribution in [0.4, 0.5) is 17.1 Å². The van der Waals surface area contributed by atoms with Crippen molar-refractivity contribution in [2.45, 2.75) is 11.3 Å². The number of carbonyl (C=O) groups is 5. The Kier molecular flexibility index (Phi) is 12.0. The van der Waals surface area contributed by atoms with Gasteiger partial charge in [0.05, 0.1) is 33.5 Å². The lowest BCUT2D eigenvalue weighted by Crippen LogP contribution is -2.28. The second kappa shape index (κ2) is 16.2. The number of benzene rings is 1. The lowest BCUT2D eigenvalue weighted by molar-refractivity contribution is -0.131. The van der Waals surface area contributed by atoms with Gasteiger partial charge in [-0.15, -0.1) is 11.6 Å². The summed E-state index contributed by atoms with van der Waals surface area (Å²) in [5.74, 6) is -3.57. The van der Waals surface area contributed by atoms with Crippen LogP contribution in [0.1, 0.15) is 43.4 Å². The fourth-order valence-corrected chi connectivity index (χ4v) is 6.41. The number of sulfone groups is 1. The fraction of sp³-hybridized carbons (Fsp3) is 0.212. The highest BCUT2D eigenvalue weighted by molar-refractivity contribution is 7.91. The van der Waals surface area contributed by atoms with Crippen molar-refractivity contribution < 1.29 is 32.4 Å². The highest BCUT2D eigenvalue weighted by Crippen LogP contribution is 2.20. The van der Waals surface area contributed by atoms with E-state index in [1.54, 1.807) is 31.9 Å². The van der Waals surface area contributed by atoms with Crippen LogP contribution in [0.15, 0.2) is 72.0 Å². The van der Waals surface area contributed by atoms with E-state index in [0.29, 0.717) is 16.9 Å². The van der Waals surface area contributed by atoms with E-state index >= 15 is 0 Å². The predicted octanol–water partition coefficient (Wildman–Crippen LogP) is 2.50. The number of anilines is 3. The number of aryl methyl sites for hydroxylation is 3. The van der Waals surface area contributed by atoms with E-state index in [-0.39, 0.29) is 58.1 Å². The highest BCUT2D eigenvalue weighted by Gasteiger charge is 2.20. The number of hydrogen-bond donors (Lipinski definition) is 6. The number of nitrogens with one attached hydrogen (secondary N) is 5. The Morgan fingerprint density at radius 1 is 0.784 bits per heavy atom. The summed E-state index contributed by atoms with van der Waals surface area (Å²) in [6, 6.07) is 10.1. The first kappa shape index (κ1) is 37.9. The molecule has 0 aliphatic rings. The highest BCUT2D eigenvalue weighted by atomic mass is 35.5. The molecule has 0 saturated carbocycles. The number of ketones is 1. The van der Waals surface area contributed by atoms with E-state index in [4.69, 9.17) is 22.7 Å². The Bertz CT molecular complexity index is 2150. The second-order valence-corrected chi connectivity index (χ2v) is 13.8. The third-order valence-electron chi connectivity index (χ3n) is 7.40. The van der Waals surface area contributed by atoms with Crippen molar-refractivity contribution in [2.75, 3.05) is 34.1 Å². The maximum absolute atomic E-state index is 13.1. The van der Waals surface area contributed by atoms with Crippen molar-refractivity contribution in [3.63, 3.8) is 0 Å². The van der Waals surface area contributed by atoms with Gasteiger partial charge in [0.1, 0.15) is 17.1 Å². The monoisotopic (exact) mass is 737 g/mol. The number of amides is 4. The number of nitrogens with zero attached hydrogens (tertiary/aromatic N) is 3. The first-order valence-electron chi connectivity index (χ1n) is 15.2. The van der Waals surface area contributed by atoms with Crippen LogP contribution in [0, 0.1) is 5.41 Å². The molecule has 0 aliphatic carbocycles. The lowest BCUT2D eigenvalue weighted by Gasteiger charge is -2.04. The maximum atomic E-state index is 13.1. The average Bonchev–Trinajstić information content (AvgIpc) is 3.74. The Morgan fingerprint density at radius 2 is 1.25 bits per heavy atom. The van der Waals surface area contributed by atoms with Crippen molar-refractivity contribution in [1.29, 1.82) is 5.41 Å². The van der Waals surface area contributed by atoms with Gasteiger partial charge in [0.25, 0.3) is 23.6 Å². The van der Waals surface area contributed by atoms with Crippen LogP contribution in [-0.4, -0.2) is 75.5 Å². The standard InChI is InChI=1S/C33H36ClN9O7S/c1-41-17-21(14-25(41)30(45)37-12-10-29(35)36)38-31(46)26-15-22(18-42(26)2)39-32(47)27-16-23(19-43(27)3)40-33(48)28(44)9-6-20-4-7-24(8-5-20)51(49,50)13-11-34/h4-9,14-19H,10-13H2,1-3H3,(H3,35,36)(H,37,45)(H,38,46)(H,39,47)(H,40,48)/b9-6+. The minimum absolute atomic E-state index is 0.0382. The number of hydrogen-bond acceptors (Lipinski definition) is 8. The van der Waals surface area contributed by atoms with Gasteiger partial charge in [-0.25, -0.2) is 8.42 Å². The molecule has 0 atom stereocenters. The van der Waals surface area contributed by atoms with Crippen molar-refractivity contribution >= 4 is 79.8 Å². The minimum Gasteiger partial charge on any atom is -0.388 e. The molecule has 3 aromatic heterocycles. The van der Waals surface area contributed by atoms with Crippen molar-refractivity contribution in [3.05, 3.63) is 89.8 Å². The summed E-state index contributed by atoms with van der Waals surface area (Å²) in [4.78, 5) is 63.7. The summed E-state index contributed by atoms with van der Waals surface area (Å²) in [6.45, 7) is 0.196. The summed E-state index contributed by atoms with van der Waals surface area (Å²) in [6.07, 6.45) is 7.18. The molecule has 18 heteroatoms. The molecule has 3 heterocycles. The third kappa shape index (κ3) is 9.83. The van der Waals surface area contributed by atoms with Crippen molar-refractivity contribution in [1.82, 2.24) is 19.0 Å². The van der Waals surface area contributed by atoms with Gasteiger partial charge in [-0.05, 0) is 42.0 Å². The SMILES string of the molecule is Cn1cc(NC(=O)c2cc(NC(=O)c3cc(NC(=O)C(=O)/C=C/c4ccc(S(=O)(=O)CCCl)cc4)cn3C)cn2C)cc1C(=O)NCCC(=N)N. The largest absolute Gasteiger partial charge is 0.388 e. The summed E-state index contributed by atoms with van der Waals surface area (Å²) in [7, 11) is 1.33. The van der Waals surface area contributed by atoms with E-state index in [1.807, 2.05) is 0 Å². The number of rotatable bonds is 15. The molecule has 0 bridgehead atoms. The number of amidine groups is 1. The normalized spacial score (nSPS) is 11.3. The number of carbonyl (C=O) groups excluding carboxylic acids is 5. The Morgan fingerprint density at radius 3 is 1.73 bits per heavy atom. The maximum Gasteiger partial charge on any atom is 0.296 e. The summed E-state index contributed by atoms with van der Waals surface area (Å²) >= 11 is 5.54. The van der Waals surface area contributed by atoms with Gasteiger partial charge in [0.15, 0.2) is 9.84 Å². The molecule has 0 aliphatic heterocycles. The van der Waals surface area contributed by atoms with Crippen LogP contribution >= 0.6 is 11.6 Å². The molecule has 51 heavy (non-hydrogen) atoms. The van der Waals surface area contributed by atoms with Gasteiger partial charge in [0, 0.05) is 58.6 Å². The molecule has 0 saturated heterocycles. The molecule has 4 rings (SSSR count). The van der Waals surface area contributed by atoms with Gasteiger partial charge in [-0.3, -0.25) is 29.4 Å². The third-order valence-corrected chi connectivity index (χ3v) is 9.55. The lowest BCUT2D eigenvalue weighted by atomic mass is 10.2. The van der Waals surface area contributed by atoms with Crippen molar-refractivity contribution in [3.8, 4) is 0 Å². The average molecular weight is 738 g/mol. The molecular weight excluding hydrogens is 702 g/mol. The van der Waals surface area contributed by atoms with Crippen LogP contribution in [0.3, 0.4) is 0 Å². The first-order valence-corrected chi connectivity index (χ1v) is 17.4. The van der Waals surface area contributed by atoms with Crippen LogP contribution in [0.25, 0.3) is 6.08 Å². The number of aromatic nitrogens is 3. The van der Waals surface area contributed by atoms with Crippen LogP contribution in [0.2, 0.25) is 0 Å². The molecule has 4 aromatic rings. The zero-order valence-corrected chi connectivity index (χ0v) is 29.4. The molecular formula is C33H36ClN9O7S. The van der Waals surface area contributed by atoms with E-state index in [2.05, 4.69) is 21.3 Å². The molecule has 0 spiro atoms. The molecule has 268 valence electrons. The van der Waals surface area contributed by atoms with Crippen LogP contribution in [-0.2, 0) is 40.6 Å². The topological polar surface area (TPSA) is 232 Å². The Hall–Kier alpha value is -5.94. The van der Waals surface area contributed by atoms with Gasteiger partial charge in [-0.1, -0.05) is 18.2 Å². The van der Waals surface area contributed by atoms with Gasteiger partial charge < -0.3 is 40.7 Å². The molecule has 16 nitrogen and oxygen atoms in total. The molecule has 0 fully saturated rings. The number of alkyl halides is 1. The molecule has 7 N–H and O–H groups in total. The van der Waals surface area contributed by atoms with E-state index < -0.39 is 39.2 Å². The van der Waals surface area contributed by atoms with Crippen LogP contribution in [0.5, 0.6) is 0 Å². The van der Waals surface area contributed by atoms with E-state index in [1.165, 1.54) is 70.1 Å². The Labute approximate surface area is 298 Å². The number of nitrogens with two attached hydrogens (primary N) is 1.